The number of aliphatic hydroxyl groups is 1. The second kappa shape index (κ2) is 6.38. The molecule has 1 heterocycles. The number of hydrogen-bond donors (Lipinski definition) is 2. The first-order chi connectivity index (χ1) is 8.90. The molecule has 1 aliphatic heterocycles. The maximum Gasteiger partial charge on any atom is 0.326 e. The molecule has 19 heavy (non-hydrogen) atoms. The van der Waals surface area contributed by atoms with E-state index in [4.69, 9.17) is 10.4 Å². The summed E-state index contributed by atoms with van der Waals surface area (Å²) in [6.45, 7) is 4.13. The zero-order valence-corrected chi connectivity index (χ0v) is 11.1. The molecule has 2 N–H and O–H groups in total. The summed E-state index contributed by atoms with van der Waals surface area (Å²) in [7, 11) is 0. The number of carboxylic acids is 1. The first-order valence-corrected chi connectivity index (χ1v) is 6.26. The zero-order chi connectivity index (χ0) is 14.6. The van der Waals surface area contributed by atoms with Gasteiger partial charge < -0.3 is 20.0 Å². The van der Waals surface area contributed by atoms with Crippen LogP contribution in [-0.4, -0.2) is 63.8 Å². The zero-order valence-electron chi connectivity index (χ0n) is 11.1. The number of nitriles is 1. The average molecular weight is 269 g/mol. The van der Waals surface area contributed by atoms with E-state index in [1.165, 1.54) is 9.80 Å². The van der Waals surface area contributed by atoms with Gasteiger partial charge >= 0.3 is 12.0 Å². The smallest absolute Gasteiger partial charge is 0.326 e. The molecule has 0 aliphatic carbocycles. The van der Waals surface area contributed by atoms with Crippen LogP contribution in [0.4, 0.5) is 4.79 Å². The summed E-state index contributed by atoms with van der Waals surface area (Å²) in [5, 5.41) is 27.4. The van der Waals surface area contributed by atoms with E-state index in [1.807, 2.05) is 6.07 Å². The van der Waals surface area contributed by atoms with Crippen LogP contribution in [0.15, 0.2) is 0 Å². The van der Waals surface area contributed by atoms with E-state index in [-0.39, 0.29) is 25.4 Å². The summed E-state index contributed by atoms with van der Waals surface area (Å²) in [6, 6.07) is 0.612. The summed E-state index contributed by atoms with van der Waals surface area (Å²) in [5.41, 5.74) is 0. The van der Waals surface area contributed by atoms with Crippen molar-refractivity contribution < 1.29 is 19.8 Å². The Hall–Kier alpha value is -1.81. The molecule has 1 unspecified atom stereocenters. The lowest BCUT2D eigenvalue weighted by molar-refractivity contribution is -0.141. The van der Waals surface area contributed by atoms with E-state index in [1.54, 1.807) is 13.8 Å². The predicted octanol–water partition coefficient (Wildman–Crippen LogP) is 0.108. The SMILES string of the molecule is CCN(CC(C)C#N)C(=O)N1C[C@@H](O)C[C@H]1C(=O)O. The number of amides is 2. The van der Waals surface area contributed by atoms with E-state index >= 15 is 0 Å². The number of likely N-dealkylation sites (tertiary alicyclic amines) is 1. The molecule has 3 atom stereocenters. The lowest BCUT2D eigenvalue weighted by Crippen LogP contribution is -2.49. The third-order valence-corrected chi connectivity index (χ3v) is 3.18. The normalized spacial score (nSPS) is 23.8. The van der Waals surface area contributed by atoms with E-state index in [9.17, 15) is 14.7 Å². The predicted molar refractivity (Wildman–Crippen MR) is 66.2 cm³/mol. The van der Waals surface area contributed by atoms with Crippen LogP contribution in [0, 0.1) is 17.2 Å². The van der Waals surface area contributed by atoms with Crippen LogP contribution in [-0.2, 0) is 4.79 Å². The molecule has 1 saturated heterocycles. The van der Waals surface area contributed by atoms with Gasteiger partial charge in [-0.3, -0.25) is 0 Å². The molecule has 0 spiro atoms. The number of aliphatic hydroxyl groups excluding tert-OH is 1. The summed E-state index contributed by atoms with van der Waals surface area (Å²) >= 11 is 0. The Morgan fingerprint density at radius 2 is 2.21 bits per heavy atom. The fourth-order valence-corrected chi connectivity index (χ4v) is 2.15. The lowest BCUT2D eigenvalue weighted by atomic mass is 10.2. The molecule has 1 aliphatic rings. The number of rotatable bonds is 4. The highest BCUT2D eigenvalue weighted by Crippen LogP contribution is 2.20. The average Bonchev–Trinajstić information content (AvgIpc) is 2.77. The van der Waals surface area contributed by atoms with Crippen LogP contribution < -0.4 is 0 Å². The Kier molecular flexibility index (Phi) is 5.12. The number of carbonyl (C=O) groups excluding carboxylic acids is 1. The molecule has 106 valence electrons. The van der Waals surface area contributed by atoms with Crippen LogP contribution in [0.5, 0.6) is 0 Å². The number of carbonyl (C=O) groups is 2. The highest BCUT2D eigenvalue weighted by atomic mass is 16.4. The number of nitrogens with zero attached hydrogens (tertiary/aromatic N) is 3. The van der Waals surface area contributed by atoms with Crippen molar-refractivity contribution in [2.45, 2.75) is 32.4 Å². The Labute approximate surface area is 112 Å². The number of urea groups is 1. The van der Waals surface area contributed by atoms with Crippen molar-refractivity contribution in [1.82, 2.24) is 9.80 Å². The van der Waals surface area contributed by atoms with Gasteiger partial charge in [-0.1, -0.05) is 0 Å². The van der Waals surface area contributed by atoms with Crippen LogP contribution in [0.25, 0.3) is 0 Å². The van der Waals surface area contributed by atoms with Gasteiger partial charge in [0.15, 0.2) is 0 Å². The largest absolute Gasteiger partial charge is 0.480 e. The molecule has 1 rings (SSSR count). The number of hydrogen-bond acceptors (Lipinski definition) is 4. The molecule has 0 aromatic heterocycles. The summed E-state index contributed by atoms with van der Waals surface area (Å²) in [6.07, 6.45) is -0.760. The molecular weight excluding hydrogens is 250 g/mol. The van der Waals surface area contributed by atoms with Gasteiger partial charge in [-0.25, -0.2) is 9.59 Å². The van der Waals surface area contributed by atoms with Crippen molar-refractivity contribution in [3.8, 4) is 6.07 Å². The van der Waals surface area contributed by atoms with Gasteiger partial charge in [0, 0.05) is 26.1 Å². The van der Waals surface area contributed by atoms with Crippen molar-refractivity contribution >= 4 is 12.0 Å². The van der Waals surface area contributed by atoms with E-state index in [0.29, 0.717) is 6.54 Å². The molecule has 0 aromatic rings. The summed E-state index contributed by atoms with van der Waals surface area (Å²) < 4.78 is 0. The topological polar surface area (TPSA) is 105 Å². The quantitative estimate of drug-likeness (QED) is 0.753. The van der Waals surface area contributed by atoms with Gasteiger partial charge in [-0.2, -0.15) is 5.26 Å². The van der Waals surface area contributed by atoms with Crippen LogP contribution in [0.3, 0.4) is 0 Å². The van der Waals surface area contributed by atoms with Crippen LogP contribution in [0.2, 0.25) is 0 Å². The van der Waals surface area contributed by atoms with Crippen molar-refractivity contribution in [2.75, 3.05) is 19.6 Å². The number of carboxylic acid groups (broad SMARTS) is 1. The van der Waals surface area contributed by atoms with E-state index in [0.717, 1.165) is 0 Å². The number of β-amino-alcohol motifs (C(OH)–C–C–N with tert-alkyl or cyclic N) is 1. The fourth-order valence-electron chi connectivity index (χ4n) is 2.15. The third kappa shape index (κ3) is 3.58. The highest BCUT2D eigenvalue weighted by molar-refractivity contribution is 5.83. The lowest BCUT2D eigenvalue weighted by Gasteiger charge is -2.30. The minimum atomic E-state index is -1.12. The van der Waals surface area contributed by atoms with Crippen molar-refractivity contribution in [3.63, 3.8) is 0 Å². The molecule has 2 amide bonds. The minimum Gasteiger partial charge on any atom is -0.480 e. The molecule has 7 nitrogen and oxygen atoms in total. The van der Waals surface area contributed by atoms with Crippen molar-refractivity contribution in [2.24, 2.45) is 5.92 Å². The fraction of sp³-hybridized carbons (Fsp3) is 0.750. The van der Waals surface area contributed by atoms with Crippen molar-refractivity contribution in [1.29, 1.82) is 5.26 Å². The Morgan fingerprint density at radius 3 is 2.68 bits per heavy atom. The monoisotopic (exact) mass is 269 g/mol. The maximum absolute atomic E-state index is 12.3. The van der Waals surface area contributed by atoms with E-state index < -0.39 is 24.1 Å². The van der Waals surface area contributed by atoms with Gasteiger partial charge in [0.1, 0.15) is 6.04 Å². The molecule has 0 radical (unpaired) electrons. The molecule has 0 saturated carbocycles. The van der Waals surface area contributed by atoms with Gasteiger partial charge in [-0.05, 0) is 13.8 Å². The van der Waals surface area contributed by atoms with Crippen molar-refractivity contribution in [3.05, 3.63) is 0 Å². The summed E-state index contributed by atoms with van der Waals surface area (Å²) in [5.74, 6) is -1.44. The first kappa shape index (κ1) is 15.2. The Bertz CT molecular complexity index is 393. The van der Waals surface area contributed by atoms with Crippen LogP contribution in [0.1, 0.15) is 20.3 Å². The van der Waals surface area contributed by atoms with E-state index in [2.05, 4.69) is 0 Å². The standard InChI is InChI=1S/C12H19N3O4/c1-3-14(6-8(2)5-13)12(19)15-7-9(16)4-10(15)11(17)18/h8-10,16H,3-4,6-7H2,1-2H3,(H,17,18)/t8?,9-,10-/m0/s1. The first-order valence-electron chi connectivity index (χ1n) is 6.26. The van der Waals surface area contributed by atoms with Crippen LogP contribution >= 0.6 is 0 Å². The molecule has 0 bridgehead atoms. The maximum atomic E-state index is 12.3. The molecular formula is C12H19N3O4. The Balaban J connectivity index is 2.79. The van der Waals surface area contributed by atoms with Gasteiger partial charge in [0.05, 0.1) is 18.1 Å². The van der Waals surface area contributed by atoms with Gasteiger partial charge in [0.25, 0.3) is 0 Å². The molecule has 0 aromatic carbocycles. The second-order valence-corrected chi connectivity index (χ2v) is 4.75. The summed E-state index contributed by atoms with van der Waals surface area (Å²) in [4.78, 5) is 25.9. The second-order valence-electron chi connectivity index (χ2n) is 4.75. The number of aliphatic carboxylic acids is 1. The molecule has 1 fully saturated rings. The third-order valence-electron chi connectivity index (χ3n) is 3.18. The van der Waals surface area contributed by atoms with Gasteiger partial charge in [0.2, 0.25) is 0 Å². The highest BCUT2D eigenvalue weighted by Gasteiger charge is 2.40. The minimum absolute atomic E-state index is 0.0211. The van der Waals surface area contributed by atoms with Gasteiger partial charge in [-0.15, -0.1) is 0 Å². The molecule has 7 heteroatoms. The Morgan fingerprint density at radius 1 is 1.58 bits per heavy atom.